The van der Waals surface area contributed by atoms with Crippen molar-refractivity contribution in [3.8, 4) is 6.07 Å². The number of primary amides is 1. The first kappa shape index (κ1) is 9.86. The third kappa shape index (κ3) is 1.93. The highest BCUT2D eigenvalue weighted by atomic mass is 16.1. The SMILES string of the molecule is N#CCC(=O)c1ncccc1C(N)=O. The molecule has 0 radical (unpaired) electrons. The van der Waals surface area contributed by atoms with Crippen molar-refractivity contribution < 1.29 is 9.59 Å². The van der Waals surface area contributed by atoms with Gasteiger partial charge in [0.2, 0.25) is 0 Å². The van der Waals surface area contributed by atoms with E-state index in [1.54, 1.807) is 6.07 Å². The molecule has 1 aromatic heterocycles. The Labute approximate surface area is 80.2 Å². The van der Waals surface area contributed by atoms with Crippen molar-refractivity contribution in [1.82, 2.24) is 4.98 Å². The number of Topliss-reactive ketones (excluding diaryl/α,β-unsaturated/α-hetero) is 1. The Kier molecular flexibility index (Phi) is 2.92. The molecule has 0 bridgehead atoms. The fourth-order valence-corrected chi connectivity index (χ4v) is 0.982. The van der Waals surface area contributed by atoms with Gasteiger partial charge in [-0.3, -0.25) is 14.6 Å². The highest BCUT2D eigenvalue weighted by Gasteiger charge is 2.15. The number of nitriles is 1. The van der Waals surface area contributed by atoms with Gasteiger partial charge >= 0.3 is 0 Å². The van der Waals surface area contributed by atoms with Crippen LogP contribution in [0.1, 0.15) is 27.3 Å². The molecule has 70 valence electrons. The number of amides is 1. The fourth-order valence-electron chi connectivity index (χ4n) is 0.982. The van der Waals surface area contributed by atoms with Gasteiger partial charge in [-0.25, -0.2) is 0 Å². The molecule has 0 atom stereocenters. The molecule has 0 unspecified atom stereocenters. The summed E-state index contributed by atoms with van der Waals surface area (Å²) in [7, 11) is 0. The number of pyridine rings is 1. The largest absolute Gasteiger partial charge is 0.366 e. The minimum Gasteiger partial charge on any atom is -0.366 e. The first-order valence-electron chi connectivity index (χ1n) is 3.81. The van der Waals surface area contributed by atoms with Crippen molar-refractivity contribution in [3.05, 3.63) is 29.6 Å². The third-order valence-electron chi connectivity index (χ3n) is 1.58. The Morgan fingerprint density at radius 1 is 1.57 bits per heavy atom. The summed E-state index contributed by atoms with van der Waals surface area (Å²) in [5, 5.41) is 8.31. The minimum absolute atomic E-state index is 0.0402. The summed E-state index contributed by atoms with van der Waals surface area (Å²) in [6.07, 6.45) is 1.06. The van der Waals surface area contributed by atoms with Crippen molar-refractivity contribution in [1.29, 1.82) is 5.26 Å². The summed E-state index contributed by atoms with van der Waals surface area (Å²) in [6.45, 7) is 0. The molecule has 1 amide bonds. The summed E-state index contributed by atoms with van der Waals surface area (Å²) < 4.78 is 0. The molecule has 0 aliphatic heterocycles. The monoisotopic (exact) mass is 189 g/mol. The summed E-state index contributed by atoms with van der Waals surface area (Å²) in [6, 6.07) is 4.60. The Balaban J connectivity index is 3.15. The van der Waals surface area contributed by atoms with E-state index in [9.17, 15) is 9.59 Å². The third-order valence-corrected chi connectivity index (χ3v) is 1.58. The number of nitrogens with two attached hydrogens (primary N) is 1. The molecule has 0 aromatic carbocycles. The Morgan fingerprint density at radius 2 is 2.29 bits per heavy atom. The zero-order chi connectivity index (χ0) is 10.6. The maximum absolute atomic E-state index is 11.3. The molecule has 14 heavy (non-hydrogen) atoms. The van der Waals surface area contributed by atoms with Gasteiger partial charge in [0, 0.05) is 6.20 Å². The molecule has 0 saturated heterocycles. The number of aromatic nitrogens is 1. The smallest absolute Gasteiger partial charge is 0.251 e. The zero-order valence-electron chi connectivity index (χ0n) is 7.23. The minimum atomic E-state index is -0.723. The number of hydrogen-bond donors (Lipinski definition) is 1. The van der Waals surface area contributed by atoms with E-state index in [0.717, 1.165) is 0 Å². The van der Waals surface area contributed by atoms with E-state index in [1.165, 1.54) is 18.3 Å². The quantitative estimate of drug-likeness (QED) is 0.690. The van der Waals surface area contributed by atoms with Crippen molar-refractivity contribution in [2.24, 2.45) is 5.73 Å². The lowest BCUT2D eigenvalue weighted by Crippen LogP contribution is -2.17. The lowest BCUT2D eigenvalue weighted by atomic mass is 10.1. The van der Waals surface area contributed by atoms with Crippen molar-refractivity contribution >= 4 is 11.7 Å². The number of rotatable bonds is 3. The highest BCUT2D eigenvalue weighted by molar-refractivity contribution is 6.06. The molecule has 1 heterocycles. The first-order valence-corrected chi connectivity index (χ1v) is 3.81. The number of nitrogens with zero attached hydrogens (tertiary/aromatic N) is 2. The predicted molar refractivity (Wildman–Crippen MR) is 47.3 cm³/mol. The van der Waals surface area contributed by atoms with Gasteiger partial charge in [0.1, 0.15) is 12.1 Å². The normalized spacial score (nSPS) is 9.07. The molecule has 5 nitrogen and oxygen atoms in total. The molecule has 2 N–H and O–H groups in total. The van der Waals surface area contributed by atoms with Crippen LogP contribution in [-0.4, -0.2) is 16.7 Å². The number of hydrogen-bond acceptors (Lipinski definition) is 4. The number of ketones is 1. The summed E-state index contributed by atoms with van der Waals surface area (Å²) in [4.78, 5) is 25.9. The predicted octanol–water partition coefficient (Wildman–Crippen LogP) is 0.277. The van der Waals surface area contributed by atoms with Crippen LogP contribution in [0.5, 0.6) is 0 Å². The molecule has 0 aliphatic carbocycles. The van der Waals surface area contributed by atoms with Crippen molar-refractivity contribution in [2.45, 2.75) is 6.42 Å². The fraction of sp³-hybridized carbons (Fsp3) is 0.111. The van der Waals surface area contributed by atoms with E-state index >= 15 is 0 Å². The number of carbonyl (C=O) groups is 2. The van der Waals surface area contributed by atoms with Crippen LogP contribution < -0.4 is 5.73 Å². The summed E-state index contributed by atoms with van der Waals surface area (Å²) >= 11 is 0. The molecular weight excluding hydrogens is 182 g/mol. The first-order chi connectivity index (χ1) is 6.66. The maximum Gasteiger partial charge on any atom is 0.251 e. The molecule has 1 rings (SSSR count). The molecular formula is C9H7N3O2. The zero-order valence-corrected chi connectivity index (χ0v) is 7.23. The van der Waals surface area contributed by atoms with Crippen LogP contribution >= 0.6 is 0 Å². The van der Waals surface area contributed by atoms with Gasteiger partial charge in [0.25, 0.3) is 5.91 Å². The average Bonchev–Trinajstić information content (AvgIpc) is 2.18. The van der Waals surface area contributed by atoms with Crippen LogP contribution in [-0.2, 0) is 0 Å². The van der Waals surface area contributed by atoms with Gasteiger partial charge in [-0.1, -0.05) is 0 Å². The molecule has 0 saturated carbocycles. The second-order valence-electron chi connectivity index (χ2n) is 2.52. The lowest BCUT2D eigenvalue weighted by molar-refractivity contribution is 0.0962. The average molecular weight is 189 g/mol. The van der Waals surface area contributed by atoms with E-state index < -0.39 is 11.7 Å². The lowest BCUT2D eigenvalue weighted by Gasteiger charge is -2.00. The molecule has 5 heteroatoms. The topological polar surface area (TPSA) is 96.8 Å². The molecule has 0 spiro atoms. The van der Waals surface area contributed by atoms with Crippen LogP contribution in [0.2, 0.25) is 0 Å². The van der Waals surface area contributed by atoms with Crippen LogP contribution in [0.4, 0.5) is 0 Å². The van der Waals surface area contributed by atoms with Crippen LogP contribution in [0.25, 0.3) is 0 Å². The highest BCUT2D eigenvalue weighted by Crippen LogP contribution is 2.06. The van der Waals surface area contributed by atoms with E-state index in [4.69, 9.17) is 11.0 Å². The van der Waals surface area contributed by atoms with Gasteiger partial charge in [0.05, 0.1) is 11.6 Å². The van der Waals surface area contributed by atoms with E-state index in [-0.39, 0.29) is 17.7 Å². The maximum atomic E-state index is 11.3. The summed E-state index contributed by atoms with van der Waals surface area (Å²) in [5.41, 5.74) is 5.04. The summed E-state index contributed by atoms with van der Waals surface area (Å²) in [5.74, 6) is -1.22. The van der Waals surface area contributed by atoms with Gasteiger partial charge in [0.15, 0.2) is 5.78 Å². The van der Waals surface area contributed by atoms with E-state index in [2.05, 4.69) is 4.98 Å². The van der Waals surface area contributed by atoms with E-state index in [1.807, 2.05) is 0 Å². The second kappa shape index (κ2) is 4.14. The van der Waals surface area contributed by atoms with Gasteiger partial charge in [-0.05, 0) is 12.1 Å². The second-order valence-corrected chi connectivity index (χ2v) is 2.52. The Bertz CT molecular complexity index is 420. The Morgan fingerprint density at radius 3 is 2.86 bits per heavy atom. The van der Waals surface area contributed by atoms with Crippen LogP contribution in [0, 0.1) is 11.3 Å². The number of carbonyl (C=O) groups excluding carboxylic acids is 2. The molecule has 0 aliphatic rings. The van der Waals surface area contributed by atoms with Crippen molar-refractivity contribution in [3.63, 3.8) is 0 Å². The molecule has 0 fully saturated rings. The molecule has 1 aromatic rings. The standard InChI is InChI=1S/C9H7N3O2/c10-4-3-7(13)8-6(9(11)14)2-1-5-12-8/h1-2,5H,3H2,(H2,11,14). The van der Waals surface area contributed by atoms with Crippen LogP contribution in [0.3, 0.4) is 0 Å². The van der Waals surface area contributed by atoms with E-state index in [0.29, 0.717) is 0 Å². The van der Waals surface area contributed by atoms with Crippen LogP contribution in [0.15, 0.2) is 18.3 Å². The van der Waals surface area contributed by atoms with Gasteiger partial charge in [-0.15, -0.1) is 0 Å². The van der Waals surface area contributed by atoms with Gasteiger partial charge < -0.3 is 5.73 Å². The van der Waals surface area contributed by atoms with Crippen molar-refractivity contribution in [2.75, 3.05) is 0 Å². The Hall–Kier alpha value is -2.22. The van der Waals surface area contributed by atoms with Gasteiger partial charge in [-0.2, -0.15) is 5.26 Å².